The summed E-state index contributed by atoms with van der Waals surface area (Å²) >= 11 is 6.12. The lowest BCUT2D eigenvalue weighted by Gasteiger charge is -2.07. The van der Waals surface area contributed by atoms with E-state index in [9.17, 15) is 0 Å². The van der Waals surface area contributed by atoms with Crippen molar-refractivity contribution in [3.63, 3.8) is 0 Å². The Bertz CT molecular complexity index is 467. The Balaban J connectivity index is 2.33. The summed E-state index contributed by atoms with van der Waals surface area (Å²) in [5.74, 6) is 0.888. The zero-order chi connectivity index (χ0) is 11.4. The third-order valence-electron chi connectivity index (χ3n) is 2.33. The van der Waals surface area contributed by atoms with Gasteiger partial charge in [-0.15, -0.1) is 10.2 Å². The Morgan fingerprint density at radius 2 is 2.12 bits per heavy atom. The average molecular weight is 237 g/mol. The summed E-state index contributed by atoms with van der Waals surface area (Å²) in [7, 11) is 0. The Hall–Kier alpha value is -1.39. The van der Waals surface area contributed by atoms with Crippen molar-refractivity contribution < 1.29 is 0 Å². The van der Waals surface area contributed by atoms with Crippen molar-refractivity contribution in [1.82, 2.24) is 14.8 Å². The highest BCUT2D eigenvalue weighted by Gasteiger charge is 2.08. The molecule has 2 N–H and O–H groups in total. The van der Waals surface area contributed by atoms with E-state index in [1.54, 1.807) is 6.33 Å². The monoisotopic (exact) mass is 236 g/mol. The zero-order valence-electron chi connectivity index (χ0n) is 8.81. The Labute approximate surface area is 99.1 Å². The normalized spacial score (nSPS) is 10.6. The van der Waals surface area contributed by atoms with E-state index in [0.717, 1.165) is 24.4 Å². The molecule has 84 valence electrons. The molecular weight excluding hydrogens is 224 g/mol. The van der Waals surface area contributed by atoms with Crippen LogP contribution in [0.25, 0.3) is 5.69 Å². The lowest BCUT2D eigenvalue weighted by molar-refractivity contribution is 0.760. The largest absolute Gasteiger partial charge is 0.330 e. The van der Waals surface area contributed by atoms with Crippen molar-refractivity contribution in [3.8, 4) is 5.69 Å². The minimum absolute atomic E-state index is 0.648. The molecule has 0 unspecified atom stereocenters. The van der Waals surface area contributed by atoms with Crippen LogP contribution in [0.5, 0.6) is 0 Å². The van der Waals surface area contributed by atoms with Crippen molar-refractivity contribution in [2.24, 2.45) is 5.73 Å². The van der Waals surface area contributed by atoms with E-state index >= 15 is 0 Å². The highest BCUT2D eigenvalue weighted by atomic mass is 35.5. The summed E-state index contributed by atoms with van der Waals surface area (Å²) < 4.78 is 1.90. The minimum Gasteiger partial charge on any atom is -0.330 e. The topological polar surface area (TPSA) is 56.7 Å². The van der Waals surface area contributed by atoms with Gasteiger partial charge in [0.2, 0.25) is 0 Å². The van der Waals surface area contributed by atoms with Crippen LogP contribution in [0.15, 0.2) is 30.6 Å². The first-order valence-electron chi connectivity index (χ1n) is 5.17. The molecule has 2 rings (SSSR count). The fourth-order valence-corrected chi connectivity index (χ4v) is 1.76. The summed E-state index contributed by atoms with van der Waals surface area (Å²) in [6.45, 7) is 0.648. The number of para-hydroxylation sites is 1. The molecule has 0 bridgehead atoms. The Morgan fingerprint density at radius 3 is 2.88 bits per heavy atom. The molecule has 0 saturated heterocycles. The van der Waals surface area contributed by atoms with E-state index in [1.165, 1.54) is 0 Å². The second kappa shape index (κ2) is 5.09. The van der Waals surface area contributed by atoms with Gasteiger partial charge in [-0.05, 0) is 25.1 Å². The van der Waals surface area contributed by atoms with E-state index < -0.39 is 0 Å². The smallest absolute Gasteiger partial charge is 0.137 e. The SMILES string of the molecule is NCCCc1nncn1-c1ccccc1Cl. The summed E-state index contributed by atoms with van der Waals surface area (Å²) in [5.41, 5.74) is 6.38. The number of halogens is 1. The molecule has 0 radical (unpaired) electrons. The molecule has 0 atom stereocenters. The summed E-state index contributed by atoms with van der Waals surface area (Å²) in [4.78, 5) is 0. The molecule has 0 spiro atoms. The highest BCUT2D eigenvalue weighted by Crippen LogP contribution is 2.20. The highest BCUT2D eigenvalue weighted by molar-refractivity contribution is 6.32. The van der Waals surface area contributed by atoms with Gasteiger partial charge in [0.05, 0.1) is 10.7 Å². The first kappa shape index (κ1) is 11.1. The van der Waals surface area contributed by atoms with Crippen LogP contribution in [0.3, 0.4) is 0 Å². The molecule has 0 aliphatic carbocycles. The van der Waals surface area contributed by atoms with Crippen molar-refractivity contribution >= 4 is 11.6 Å². The second-order valence-electron chi connectivity index (χ2n) is 3.46. The van der Waals surface area contributed by atoms with E-state index in [-0.39, 0.29) is 0 Å². The lowest BCUT2D eigenvalue weighted by atomic mass is 10.2. The standard InChI is InChI=1S/C11H13ClN4/c12-9-4-1-2-5-10(9)16-8-14-15-11(16)6-3-7-13/h1-2,4-5,8H,3,6-7,13H2. The number of rotatable bonds is 4. The molecule has 4 nitrogen and oxygen atoms in total. The number of hydrogen-bond acceptors (Lipinski definition) is 3. The number of aromatic nitrogens is 3. The first-order chi connectivity index (χ1) is 7.83. The number of hydrogen-bond donors (Lipinski definition) is 1. The predicted molar refractivity (Wildman–Crippen MR) is 63.7 cm³/mol. The molecule has 0 amide bonds. The minimum atomic E-state index is 0.648. The van der Waals surface area contributed by atoms with E-state index in [0.29, 0.717) is 11.6 Å². The van der Waals surface area contributed by atoms with Crippen molar-refractivity contribution in [3.05, 3.63) is 41.4 Å². The summed E-state index contributed by atoms with van der Waals surface area (Å²) in [5, 5.41) is 8.67. The van der Waals surface area contributed by atoms with Gasteiger partial charge in [0.15, 0.2) is 0 Å². The predicted octanol–water partition coefficient (Wildman–Crippen LogP) is 1.81. The molecule has 1 aromatic heterocycles. The van der Waals surface area contributed by atoms with Gasteiger partial charge < -0.3 is 5.73 Å². The first-order valence-corrected chi connectivity index (χ1v) is 5.54. The number of nitrogens with zero attached hydrogens (tertiary/aromatic N) is 3. The van der Waals surface area contributed by atoms with Crippen LogP contribution in [-0.4, -0.2) is 21.3 Å². The molecule has 1 aromatic carbocycles. The molecular formula is C11H13ClN4. The van der Waals surface area contributed by atoms with Gasteiger partial charge >= 0.3 is 0 Å². The van der Waals surface area contributed by atoms with Gasteiger partial charge in [0.1, 0.15) is 12.2 Å². The zero-order valence-corrected chi connectivity index (χ0v) is 9.56. The van der Waals surface area contributed by atoms with Crippen LogP contribution >= 0.6 is 11.6 Å². The Kier molecular flexibility index (Phi) is 3.54. The van der Waals surface area contributed by atoms with Crippen LogP contribution in [-0.2, 0) is 6.42 Å². The third kappa shape index (κ3) is 2.23. The van der Waals surface area contributed by atoms with Gasteiger partial charge in [-0.25, -0.2) is 0 Å². The fraction of sp³-hybridized carbons (Fsp3) is 0.273. The van der Waals surface area contributed by atoms with Gasteiger partial charge in [-0.2, -0.15) is 0 Å². The summed E-state index contributed by atoms with van der Waals surface area (Å²) in [6.07, 6.45) is 3.37. The molecule has 16 heavy (non-hydrogen) atoms. The molecule has 0 saturated carbocycles. The van der Waals surface area contributed by atoms with Crippen LogP contribution in [0.2, 0.25) is 5.02 Å². The molecule has 0 aliphatic rings. The second-order valence-corrected chi connectivity index (χ2v) is 3.87. The fourth-order valence-electron chi connectivity index (χ4n) is 1.54. The number of aryl methyl sites for hydroxylation is 1. The Morgan fingerprint density at radius 1 is 1.31 bits per heavy atom. The van der Waals surface area contributed by atoms with Crippen molar-refractivity contribution in [2.75, 3.05) is 6.54 Å². The molecule has 2 aromatic rings. The van der Waals surface area contributed by atoms with Crippen LogP contribution in [0, 0.1) is 0 Å². The maximum atomic E-state index is 6.12. The van der Waals surface area contributed by atoms with Crippen molar-refractivity contribution in [2.45, 2.75) is 12.8 Å². The maximum absolute atomic E-state index is 6.12. The van der Waals surface area contributed by atoms with Gasteiger partial charge in [0, 0.05) is 6.42 Å². The van der Waals surface area contributed by atoms with Crippen LogP contribution < -0.4 is 5.73 Å². The quantitative estimate of drug-likeness (QED) is 0.881. The van der Waals surface area contributed by atoms with Crippen LogP contribution in [0.1, 0.15) is 12.2 Å². The van der Waals surface area contributed by atoms with Crippen LogP contribution in [0.4, 0.5) is 0 Å². The molecule has 5 heteroatoms. The van der Waals surface area contributed by atoms with Gasteiger partial charge in [-0.1, -0.05) is 23.7 Å². The molecule has 0 fully saturated rings. The van der Waals surface area contributed by atoms with E-state index in [2.05, 4.69) is 10.2 Å². The maximum Gasteiger partial charge on any atom is 0.137 e. The number of nitrogens with two attached hydrogens (primary N) is 1. The third-order valence-corrected chi connectivity index (χ3v) is 2.65. The summed E-state index contributed by atoms with van der Waals surface area (Å²) in [6, 6.07) is 7.63. The molecule has 0 aliphatic heterocycles. The average Bonchev–Trinajstić information content (AvgIpc) is 2.75. The van der Waals surface area contributed by atoms with E-state index in [4.69, 9.17) is 17.3 Å². The van der Waals surface area contributed by atoms with Gasteiger partial charge in [-0.3, -0.25) is 4.57 Å². The number of benzene rings is 1. The lowest BCUT2D eigenvalue weighted by Crippen LogP contribution is -2.05. The van der Waals surface area contributed by atoms with Crippen molar-refractivity contribution in [1.29, 1.82) is 0 Å². The van der Waals surface area contributed by atoms with E-state index in [1.807, 2.05) is 28.8 Å². The van der Waals surface area contributed by atoms with Gasteiger partial charge in [0.25, 0.3) is 0 Å². The molecule has 1 heterocycles.